The molecule has 0 radical (unpaired) electrons. The van der Waals surface area contributed by atoms with Crippen LogP contribution in [0, 0.1) is 40.0 Å². The first-order valence-corrected chi connectivity index (χ1v) is 13.7. The van der Waals surface area contributed by atoms with Crippen LogP contribution in [0.5, 0.6) is 0 Å². The second-order valence-electron chi connectivity index (χ2n) is 10.4. The van der Waals surface area contributed by atoms with Crippen molar-refractivity contribution in [2.75, 3.05) is 20.1 Å². The minimum Gasteiger partial charge on any atom is -0.207 e. The molecule has 1 saturated carbocycles. The van der Waals surface area contributed by atoms with Gasteiger partial charge in [-0.05, 0) is 71.6 Å². The predicted octanol–water partition coefficient (Wildman–Crippen LogP) is 7.38. The van der Waals surface area contributed by atoms with Crippen molar-refractivity contribution in [2.24, 2.45) is 27.0 Å². The second kappa shape index (κ2) is 11.1. The smallest absolute Gasteiger partial charge is 0.207 e. The topological polar surface area (TPSA) is 62.1 Å². The van der Waals surface area contributed by atoms with E-state index in [2.05, 4.69) is 16.8 Å². The Morgan fingerprint density at radius 2 is 1.74 bits per heavy atom. The Hall–Kier alpha value is -2.85. The summed E-state index contributed by atoms with van der Waals surface area (Å²) in [5.74, 6) is -3.60. The SMILES string of the molecule is C=C(/C=C(\N=NC)c1c(F)cccc1F)C1CCC(C)(CN(CC)S(=O)(=O)c2cc(F)ccc2F)C1(C)C. The lowest BCUT2D eigenvalue weighted by atomic mass is 9.64. The maximum Gasteiger partial charge on any atom is 0.246 e. The molecule has 2 atom stereocenters. The summed E-state index contributed by atoms with van der Waals surface area (Å²) in [5, 5.41) is 7.66. The molecule has 1 aliphatic carbocycles. The highest BCUT2D eigenvalue weighted by Gasteiger charge is 2.53. The molecule has 2 aromatic rings. The van der Waals surface area contributed by atoms with Gasteiger partial charge in [0.1, 0.15) is 28.2 Å². The van der Waals surface area contributed by atoms with E-state index in [1.165, 1.54) is 23.5 Å². The fourth-order valence-electron chi connectivity index (χ4n) is 5.35. The van der Waals surface area contributed by atoms with Crippen molar-refractivity contribution in [3.8, 4) is 0 Å². The Morgan fingerprint density at radius 3 is 2.32 bits per heavy atom. The molecular formula is C28H33F4N3O2S. The molecule has 2 unspecified atom stereocenters. The second-order valence-corrected chi connectivity index (χ2v) is 12.3. The van der Waals surface area contributed by atoms with Gasteiger partial charge in [-0.2, -0.15) is 14.5 Å². The van der Waals surface area contributed by atoms with Gasteiger partial charge in [-0.15, -0.1) is 0 Å². The number of hydrogen-bond acceptors (Lipinski definition) is 4. The molecule has 206 valence electrons. The average Bonchev–Trinajstić information content (AvgIpc) is 3.07. The average molecular weight is 552 g/mol. The lowest BCUT2D eigenvalue weighted by Gasteiger charge is -2.44. The van der Waals surface area contributed by atoms with E-state index in [-0.39, 0.29) is 30.3 Å². The number of hydrogen-bond donors (Lipinski definition) is 0. The molecule has 0 spiro atoms. The van der Waals surface area contributed by atoms with Crippen molar-refractivity contribution in [1.82, 2.24) is 4.31 Å². The molecular weight excluding hydrogens is 518 g/mol. The third kappa shape index (κ3) is 5.47. The lowest BCUT2D eigenvalue weighted by molar-refractivity contribution is 0.0802. The van der Waals surface area contributed by atoms with E-state index in [0.29, 0.717) is 24.5 Å². The van der Waals surface area contributed by atoms with E-state index >= 15 is 0 Å². The van der Waals surface area contributed by atoms with Crippen molar-refractivity contribution in [3.63, 3.8) is 0 Å². The fraction of sp³-hybridized carbons (Fsp3) is 0.429. The molecule has 10 heteroatoms. The number of benzene rings is 2. The van der Waals surface area contributed by atoms with E-state index in [0.717, 1.165) is 24.3 Å². The summed E-state index contributed by atoms with van der Waals surface area (Å²) in [4.78, 5) is -0.705. The van der Waals surface area contributed by atoms with Gasteiger partial charge in [0, 0.05) is 20.1 Å². The summed E-state index contributed by atoms with van der Waals surface area (Å²) >= 11 is 0. The first kappa shape index (κ1) is 29.7. The number of sulfonamides is 1. The van der Waals surface area contributed by atoms with Crippen LogP contribution in [0.15, 0.2) is 69.8 Å². The van der Waals surface area contributed by atoms with Gasteiger partial charge in [0.2, 0.25) is 10.0 Å². The molecule has 1 aliphatic rings. The van der Waals surface area contributed by atoms with Crippen LogP contribution in [0.25, 0.3) is 5.70 Å². The van der Waals surface area contributed by atoms with Crippen LogP contribution in [0.4, 0.5) is 17.6 Å². The van der Waals surface area contributed by atoms with Crippen LogP contribution in [-0.4, -0.2) is 32.9 Å². The minimum absolute atomic E-state index is 0.00292. The highest BCUT2D eigenvalue weighted by molar-refractivity contribution is 7.89. The lowest BCUT2D eigenvalue weighted by Crippen LogP contribution is -2.46. The van der Waals surface area contributed by atoms with Gasteiger partial charge in [-0.3, -0.25) is 0 Å². The Kier molecular flexibility index (Phi) is 8.67. The molecule has 0 aliphatic heterocycles. The first-order chi connectivity index (χ1) is 17.7. The van der Waals surface area contributed by atoms with Gasteiger partial charge in [0.25, 0.3) is 0 Å². The first-order valence-electron chi connectivity index (χ1n) is 12.3. The van der Waals surface area contributed by atoms with Crippen LogP contribution in [0.2, 0.25) is 0 Å². The van der Waals surface area contributed by atoms with Crippen molar-refractivity contribution < 1.29 is 26.0 Å². The maximum absolute atomic E-state index is 14.5. The van der Waals surface area contributed by atoms with E-state index in [1.807, 2.05) is 20.8 Å². The molecule has 1 fully saturated rings. The van der Waals surface area contributed by atoms with Crippen molar-refractivity contribution in [2.45, 2.75) is 45.4 Å². The molecule has 0 N–H and O–H groups in total. The summed E-state index contributed by atoms with van der Waals surface area (Å²) < 4.78 is 85.0. The summed E-state index contributed by atoms with van der Waals surface area (Å²) in [6.45, 7) is 11.9. The van der Waals surface area contributed by atoms with Crippen LogP contribution in [0.1, 0.15) is 46.1 Å². The molecule has 2 aromatic carbocycles. The van der Waals surface area contributed by atoms with Crippen molar-refractivity contribution in [3.05, 3.63) is 83.5 Å². The molecule has 5 nitrogen and oxygen atoms in total. The number of nitrogens with zero attached hydrogens (tertiary/aromatic N) is 3. The van der Waals surface area contributed by atoms with Gasteiger partial charge >= 0.3 is 0 Å². The predicted molar refractivity (Wildman–Crippen MR) is 140 cm³/mol. The third-order valence-corrected chi connectivity index (χ3v) is 9.93. The van der Waals surface area contributed by atoms with Crippen LogP contribution in [-0.2, 0) is 10.0 Å². The largest absolute Gasteiger partial charge is 0.246 e. The van der Waals surface area contributed by atoms with Gasteiger partial charge < -0.3 is 0 Å². The molecule has 3 rings (SSSR count). The van der Waals surface area contributed by atoms with Crippen LogP contribution in [0.3, 0.4) is 0 Å². The number of rotatable bonds is 9. The Balaban J connectivity index is 1.95. The Morgan fingerprint density at radius 1 is 1.11 bits per heavy atom. The zero-order valence-corrected chi connectivity index (χ0v) is 23.0. The molecule has 0 aromatic heterocycles. The van der Waals surface area contributed by atoms with Crippen molar-refractivity contribution >= 4 is 15.7 Å². The van der Waals surface area contributed by atoms with E-state index < -0.39 is 49.0 Å². The quantitative estimate of drug-likeness (QED) is 0.186. The molecule has 0 amide bonds. The summed E-state index contributed by atoms with van der Waals surface area (Å²) in [6, 6.07) is 5.90. The van der Waals surface area contributed by atoms with E-state index in [9.17, 15) is 26.0 Å². The molecule has 0 bridgehead atoms. The summed E-state index contributed by atoms with van der Waals surface area (Å²) in [6.07, 6.45) is 2.75. The highest BCUT2D eigenvalue weighted by atomic mass is 32.2. The van der Waals surface area contributed by atoms with Gasteiger partial charge in [-0.1, -0.05) is 40.3 Å². The Labute approximate surface area is 222 Å². The van der Waals surface area contributed by atoms with Crippen LogP contribution >= 0.6 is 0 Å². The van der Waals surface area contributed by atoms with Gasteiger partial charge in [0.05, 0.1) is 11.3 Å². The molecule has 38 heavy (non-hydrogen) atoms. The monoisotopic (exact) mass is 551 g/mol. The summed E-state index contributed by atoms with van der Waals surface area (Å²) in [5.41, 5.74) is -0.857. The third-order valence-electron chi connectivity index (χ3n) is 8.00. The zero-order chi connectivity index (χ0) is 28.5. The normalized spacial score (nSPS) is 21.9. The number of azo groups is 1. The number of allylic oxidation sites excluding steroid dienone is 2. The van der Waals surface area contributed by atoms with E-state index in [1.54, 1.807) is 6.92 Å². The zero-order valence-electron chi connectivity index (χ0n) is 22.2. The fourth-order valence-corrected chi connectivity index (χ4v) is 6.99. The maximum atomic E-state index is 14.5. The van der Waals surface area contributed by atoms with Gasteiger partial charge in [0.15, 0.2) is 0 Å². The van der Waals surface area contributed by atoms with Crippen LogP contribution < -0.4 is 0 Å². The van der Waals surface area contributed by atoms with Crippen molar-refractivity contribution in [1.29, 1.82) is 0 Å². The Bertz CT molecular complexity index is 1370. The minimum atomic E-state index is -4.32. The van der Waals surface area contributed by atoms with E-state index in [4.69, 9.17) is 0 Å². The van der Waals surface area contributed by atoms with Gasteiger partial charge in [-0.25, -0.2) is 26.0 Å². The molecule has 0 heterocycles. The highest BCUT2D eigenvalue weighted by Crippen LogP contribution is 2.58. The number of halogens is 4. The molecule has 0 saturated heterocycles. The standard InChI is InChI=1S/C28H33F4N3O2S/c1-7-35(38(36,37)25-16-19(29)11-12-21(25)30)17-28(5)14-13-20(27(28,3)4)18(2)15-24(34-33-6)26-22(31)9-8-10-23(26)32/h8-12,15-16,20H,2,7,13-14,17H2,1,3-6H3/b24-15-,34-33?. The summed E-state index contributed by atoms with van der Waals surface area (Å²) in [7, 11) is -2.92.